The molecule has 9 heteroatoms. The quantitative estimate of drug-likeness (QED) is 0.547. The fourth-order valence-electron chi connectivity index (χ4n) is 3.43. The van der Waals surface area contributed by atoms with Crippen LogP contribution in [0.15, 0.2) is 42.5 Å². The summed E-state index contributed by atoms with van der Waals surface area (Å²) in [4.78, 5) is 12.3. The Morgan fingerprint density at radius 1 is 1.06 bits per heavy atom. The van der Waals surface area contributed by atoms with Gasteiger partial charge in [0.15, 0.2) is 0 Å². The number of ether oxygens (including phenoxy) is 1. The predicted molar refractivity (Wildman–Crippen MR) is 125 cm³/mol. The molecule has 0 atom stereocenters. The number of aryl methyl sites for hydroxylation is 1. The number of benzene rings is 2. The lowest BCUT2D eigenvalue weighted by atomic mass is 9.97. The van der Waals surface area contributed by atoms with Crippen molar-refractivity contribution in [2.75, 3.05) is 30.2 Å². The largest absolute Gasteiger partial charge is 0.381 e. The predicted octanol–water partition coefficient (Wildman–Crippen LogP) is 4.52. The van der Waals surface area contributed by atoms with E-state index in [0.717, 1.165) is 32.5 Å². The number of sulfonamides is 1. The second-order valence-corrected chi connectivity index (χ2v) is 10.2. The minimum absolute atomic E-state index is 0.137. The number of rotatable bonds is 9. The van der Waals surface area contributed by atoms with Gasteiger partial charge in [-0.3, -0.25) is 9.52 Å². The second-order valence-electron chi connectivity index (χ2n) is 7.56. The number of carbonyl (C=O) groups excluding carboxylic acids is 1. The van der Waals surface area contributed by atoms with E-state index in [0.29, 0.717) is 39.3 Å². The third-order valence-electron chi connectivity index (χ3n) is 5.27. The summed E-state index contributed by atoms with van der Waals surface area (Å²) in [5.41, 5.74) is 1.56. The summed E-state index contributed by atoms with van der Waals surface area (Å²) in [6.45, 7) is 2.20. The van der Waals surface area contributed by atoms with Gasteiger partial charge < -0.3 is 10.1 Å². The molecule has 31 heavy (non-hydrogen) atoms. The van der Waals surface area contributed by atoms with Crippen molar-refractivity contribution in [1.82, 2.24) is 5.32 Å². The molecule has 2 N–H and O–H groups in total. The Morgan fingerprint density at radius 3 is 2.48 bits per heavy atom. The minimum Gasteiger partial charge on any atom is -0.381 e. The number of hydrogen-bond acceptors (Lipinski definition) is 4. The molecule has 0 saturated carbocycles. The molecule has 0 bridgehead atoms. The van der Waals surface area contributed by atoms with Crippen LogP contribution >= 0.6 is 23.2 Å². The van der Waals surface area contributed by atoms with E-state index >= 15 is 0 Å². The Morgan fingerprint density at radius 2 is 1.77 bits per heavy atom. The van der Waals surface area contributed by atoms with Crippen LogP contribution in [0.3, 0.4) is 0 Å². The molecule has 1 aliphatic heterocycles. The standard InChI is InChI=1S/C22H26Cl2N2O4S/c23-20-3-1-2-17(21(20)24)11-15-31(28,29)26-19-6-4-18(5-7-19)22(27)25-12-8-16-9-13-30-14-10-16/h1-7,16,26H,8-15H2,(H,25,27). The van der Waals surface area contributed by atoms with Crippen LogP contribution in [0.25, 0.3) is 0 Å². The minimum atomic E-state index is -3.58. The van der Waals surface area contributed by atoms with Crippen molar-refractivity contribution >= 4 is 44.8 Å². The van der Waals surface area contributed by atoms with Crippen LogP contribution in [0, 0.1) is 5.92 Å². The molecule has 1 saturated heterocycles. The van der Waals surface area contributed by atoms with Crippen molar-refractivity contribution in [2.45, 2.75) is 25.7 Å². The molecule has 2 aromatic carbocycles. The molecule has 0 unspecified atom stereocenters. The Labute approximate surface area is 193 Å². The fourth-order valence-corrected chi connectivity index (χ4v) is 4.93. The zero-order valence-corrected chi connectivity index (χ0v) is 19.4. The van der Waals surface area contributed by atoms with Crippen LogP contribution in [0.5, 0.6) is 0 Å². The molecule has 168 valence electrons. The molecule has 1 fully saturated rings. The average Bonchev–Trinajstić information content (AvgIpc) is 2.76. The van der Waals surface area contributed by atoms with E-state index in [1.54, 1.807) is 42.5 Å². The van der Waals surface area contributed by atoms with Crippen LogP contribution in [0.4, 0.5) is 5.69 Å². The maximum absolute atomic E-state index is 12.4. The summed E-state index contributed by atoms with van der Waals surface area (Å²) in [5, 5.41) is 3.68. The van der Waals surface area contributed by atoms with Crippen LogP contribution < -0.4 is 10.0 Å². The Kier molecular flexibility index (Phi) is 8.60. The SMILES string of the molecule is O=C(NCCC1CCOCC1)c1ccc(NS(=O)(=O)CCc2cccc(Cl)c2Cl)cc1. The molecular formula is C22H26Cl2N2O4S. The third kappa shape index (κ3) is 7.38. The number of nitrogens with one attached hydrogen (secondary N) is 2. The van der Waals surface area contributed by atoms with E-state index < -0.39 is 10.0 Å². The van der Waals surface area contributed by atoms with Gasteiger partial charge in [-0.2, -0.15) is 0 Å². The summed E-state index contributed by atoms with van der Waals surface area (Å²) in [6.07, 6.45) is 3.24. The van der Waals surface area contributed by atoms with Crippen LogP contribution in [0.1, 0.15) is 35.2 Å². The molecule has 2 aromatic rings. The maximum atomic E-state index is 12.4. The second kappa shape index (κ2) is 11.2. The van der Waals surface area contributed by atoms with E-state index in [1.807, 2.05) is 0 Å². The first kappa shape index (κ1) is 23.9. The first-order valence-corrected chi connectivity index (χ1v) is 12.6. The summed E-state index contributed by atoms with van der Waals surface area (Å²) < 4.78 is 32.7. The van der Waals surface area contributed by atoms with Crippen molar-refractivity contribution in [1.29, 1.82) is 0 Å². The normalized spacial score (nSPS) is 14.9. The van der Waals surface area contributed by atoms with E-state index in [-0.39, 0.29) is 18.1 Å². The van der Waals surface area contributed by atoms with Gasteiger partial charge in [0.05, 0.1) is 15.8 Å². The molecule has 0 radical (unpaired) electrons. The van der Waals surface area contributed by atoms with E-state index in [2.05, 4.69) is 10.0 Å². The van der Waals surface area contributed by atoms with Gasteiger partial charge in [-0.1, -0.05) is 35.3 Å². The summed E-state index contributed by atoms with van der Waals surface area (Å²) in [7, 11) is -3.58. The van der Waals surface area contributed by atoms with Crippen LogP contribution in [-0.4, -0.2) is 39.8 Å². The van der Waals surface area contributed by atoms with Gasteiger partial charge in [-0.15, -0.1) is 0 Å². The number of carbonyl (C=O) groups is 1. The van der Waals surface area contributed by atoms with Crippen molar-refractivity contribution in [3.8, 4) is 0 Å². The van der Waals surface area contributed by atoms with E-state index in [1.165, 1.54) is 0 Å². The van der Waals surface area contributed by atoms with Crippen LogP contribution in [0.2, 0.25) is 10.0 Å². The molecule has 1 amide bonds. The molecule has 1 heterocycles. The monoisotopic (exact) mass is 484 g/mol. The highest BCUT2D eigenvalue weighted by atomic mass is 35.5. The van der Waals surface area contributed by atoms with Crippen molar-refractivity contribution in [3.05, 3.63) is 63.6 Å². The van der Waals surface area contributed by atoms with Gasteiger partial charge >= 0.3 is 0 Å². The topological polar surface area (TPSA) is 84.5 Å². The molecule has 3 rings (SSSR count). The van der Waals surface area contributed by atoms with Gasteiger partial charge in [0.1, 0.15) is 0 Å². The van der Waals surface area contributed by atoms with Gasteiger partial charge in [0, 0.05) is 31.0 Å². The molecule has 6 nitrogen and oxygen atoms in total. The molecule has 0 spiro atoms. The highest BCUT2D eigenvalue weighted by Crippen LogP contribution is 2.26. The summed E-state index contributed by atoms with van der Waals surface area (Å²) in [5.74, 6) is 0.284. The van der Waals surface area contributed by atoms with Gasteiger partial charge in [0.25, 0.3) is 5.91 Å². The van der Waals surface area contributed by atoms with Crippen molar-refractivity contribution in [2.24, 2.45) is 5.92 Å². The van der Waals surface area contributed by atoms with Gasteiger partial charge in [-0.25, -0.2) is 8.42 Å². The lowest BCUT2D eigenvalue weighted by molar-refractivity contribution is 0.0636. The number of amides is 1. The van der Waals surface area contributed by atoms with Crippen molar-refractivity contribution < 1.29 is 17.9 Å². The summed E-state index contributed by atoms with van der Waals surface area (Å²) in [6, 6.07) is 11.5. The highest BCUT2D eigenvalue weighted by Gasteiger charge is 2.15. The first-order valence-electron chi connectivity index (χ1n) is 10.2. The smallest absolute Gasteiger partial charge is 0.251 e. The zero-order valence-electron chi connectivity index (χ0n) is 17.1. The van der Waals surface area contributed by atoms with E-state index in [9.17, 15) is 13.2 Å². The molecular weight excluding hydrogens is 459 g/mol. The Balaban J connectivity index is 1.48. The lowest BCUT2D eigenvalue weighted by Crippen LogP contribution is -2.27. The van der Waals surface area contributed by atoms with Crippen molar-refractivity contribution in [3.63, 3.8) is 0 Å². The zero-order chi connectivity index (χ0) is 22.3. The third-order valence-corrected chi connectivity index (χ3v) is 7.42. The Hall–Kier alpha value is -1.80. The number of anilines is 1. The van der Waals surface area contributed by atoms with Gasteiger partial charge in [-0.05, 0) is 67.5 Å². The highest BCUT2D eigenvalue weighted by molar-refractivity contribution is 7.92. The number of halogens is 2. The Bertz CT molecular complexity index is 991. The van der Waals surface area contributed by atoms with Gasteiger partial charge in [0.2, 0.25) is 10.0 Å². The first-order chi connectivity index (χ1) is 14.8. The fraction of sp³-hybridized carbons (Fsp3) is 0.409. The molecule has 1 aliphatic rings. The average molecular weight is 485 g/mol. The molecule has 0 aliphatic carbocycles. The number of hydrogen-bond donors (Lipinski definition) is 2. The van der Waals surface area contributed by atoms with E-state index in [4.69, 9.17) is 27.9 Å². The maximum Gasteiger partial charge on any atom is 0.251 e. The molecule has 0 aromatic heterocycles. The van der Waals surface area contributed by atoms with Crippen LogP contribution in [-0.2, 0) is 21.2 Å². The lowest BCUT2D eigenvalue weighted by Gasteiger charge is -2.21. The summed E-state index contributed by atoms with van der Waals surface area (Å²) >= 11 is 12.1.